The Morgan fingerprint density at radius 1 is 1.25 bits per heavy atom. The highest BCUT2D eigenvalue weighted by atomic mass is 35.5. The third kappa shape index (κ3) is 3.35. The van der Waals surface area contributed by atoms with Gasteiger partial charge >= 0.3 is 0 Å². The molecule has 2 heterocycles. The predicted octanol–water partition coefficient (Wildman–Crippen LogP) is 4.05. The number of non-ortho nitro benzene ring substituents is 1. The topological polar surface area (TPSA) is 110 Å². The lowest BCUT2D eigenvalue weighted by Crippen LogP contribution is -2.16. The fraction of sp³-hybridized carbons (Fsp3) is 0.158. The van der Waals surface area contributed by atoms with Crippen LogP contribution in [0.5, 0.6) is 11.5 Å². The van der Waals surface area contributed by atoms with Gasteiger partial charge in [-0.25, -0.2) is 4.98 Å². The van der Waals surface area contributed by atoms with Crippen molar-refractivity contribution in [2.45, 2.75) is 6.54 Å². The maximum atomic E-state index is 11.0. The standard InChI is InChI=1S/C19H13ClN4O4/c20-15-5-11(6-17-19(15)28-4-3-27-17)10-22-18-7-12(9-21)14-8-13(24(25)26)1-2-16(14)23-18/h1-2,5-8H,3-4,10H2,(H,22,23). The fourth-order valence-corrected chi connectivity index (χ4v) is 3.26. The van der Waals surface area contributed by atoms with Gasteiger partial charge in [-0.3, -0.25) is 10.1 Å². The molecule has 0 unspecified atom stereocenters. The van der Waals surface area contributed by atoms with Gasteiger partial charge in [0, 0.05) is 24.1 Å². The van der Waals surface area contributed by atoms with E-state index in [9.17, 15) is 15.4 Å². The van der Waals surface area contributed by atoms with E-state index in [0.29, 0.717) is 58.6 Å². The molecule has 1 aliphatic heterocycles. The van der Waals surface area contributed by atoms with Crippen LogP contribution in [0.1, 0.15) is 11.1 Å². The van der Waals surface area contributed by atoms with E-state index in [1.54, 1.807) is 12.1 Å². The molecule has 28 heavy (non-hydrogen) atoms. The normalized spacial score (nSPS) is 12.4. The first kappa shape index (κ1) is 17.8. The van der Waals surface area contributed by atoms with Gasteiger partial charge in [0.25, 0.3) is 5.69 Å². The number of hydrogen-bond donors (Lipinski definition) is 1. The molecule has 0 saturated heterocycles. The lowest BCUT2D eigenvalue weighted by atomic mass is 10.1. The number of hydrogen-bond acceptors (Lipinski definition) is 7. The first-order valence-corrected chi connectivity index (χ1v) is 8.74. The number of halogens is 1. The quantitative estimate of drug-likeness (QED) is 0.523. The molecule has 0 saturated carbocycles. The van der Waals surface area contributed by atoms with Gasteiger partial charge in [-0.1, -0.05) is 11.6 Å². The van der Waals surface area contributed by atoms with E-state index in [2.05, 4.69) is 16.4 Å². The number of ether oxygens (including phenoxy) is 2. The van der Waals surface area contributed by atoms with E-state index >= 15 is 0 Å². The molecule has 140 valence electrons. The van der Waals surface area contributed by atoms with Gasteiger partial charge in [-0.05, 0) is 29.8 Å². The number of nitrogens with zero attached hydrogens (tertiary/aromatic N) is 3. The maximum Gasteiger partial charge on any atom is 0.270 e. The van der Waals surface area contributed by atoms with E-state index < -0.39 is 4.92 Å². The lowest BCUT2D eigenvalue weighted by molar-refractivity contribution is -0.384. The van der Waals surface area contributed by atoms with Crippen LogP contribution in [0.25, 0.3) is 10.9 Å². The number of fused-ring (bicyclic) bond motifs is 2. The number of nitriles is 1. The third-order valence-corrected chi connectivity index (χ3v) is 4.53. The summed E-state index contributed by atoms with van der Waals surface area (Å²) in [6.07, 6.45) is 0. The zero-order valence-corrected chi connectivity index (χ0v) is 15.2. The summed E-state index contributed by atoms with van der Waals surface area (Å²) in [7, 11) is 0. The Morgan fingerprint density at radius 3 is 2.86 bits per heavy atom. The predicted molar refractivity (Wildman–Crippen MR) is 103 cm³/mol. The number of rotatable bonds is 4. The molecule has 0 bridgehead atoms. The van der Waals surface area contributed by atoms with E-state index in [0.717, 1.165) is 5.56 Å². The van der Waals surface area contributed by atoms with Crippen molar-refractivity contribution in [3.8, 4) is 17.6 Å². The Kier molecular flexibility index (Phi) is 4.59. The van der Waals surface area contributed by atoms with E-state index in [4.69, 9.17) is 21.1 Å². The first-order valence-electron chi connectivity index (χ1n) is 8.36. The van der Waals surface area contributed by atoms with Crippen LogP contribution < -0.4 is 14.8 Å². The number of benzene rings is 2. The molecule has 1 aromatic heterocycles. The molecule has 9 heteroatoms. The number of nitro benzene ring substituents is 1. The Hall–Kier alpha value is -3.57. The highest BCUT2D eigenvalue weighted by molar-refractivity contribution is 6.32. The Balaban J connectivity index is 1.62. The summed E-state index contributed by atoms with van der Waals surface area (Å²) in [4.78, 5) is 14.9. The van der Waals surface area contributed by atoms with Crippen LogP contribution >= 0.6 is 11.6 Å². The van der Waals surface area contributed by atoms with Gasteiger partial charge in [0.15, 0.2) is 11.5 Å². The van der Waals surface area contributed by atoms with Crippen molar-refractivity contribution in [1.82, 2.24) is 4.98 Å². The monoisotopic (exact) mass is 396 g/mol. The fourth-order valence-electron chi connectivity index (χ4n) is 2.97. The summed E-state index contributed by atoms with van der Waals surface area (Å²) in [6, 6.07) is 11.5. The van der Waals surface area contributed by atoms with Crippen molar-refractivity contribution < 1.29 is 14.4 Å². The molecular formula is C19H13ClN4O4. The second-order valence-electron chi connectivity index (χ2n) is 6.08. The average Bonchev–Trinajstić information content (AvgIpc) is 2.71. The zero-order chi connectivity index (χ0) is 19.7. The van der Waals surface area contributed by atoms with Crippen molar-refractivity contribution in [2.24, 2.45) is 0 Å². The average molecular weight is 397 g/mol. The van der Waals surface area contributed by atoms with Crippen molar-refractivity contribution in [1.29, 1.82) is 5.26 Å². The van der Waals surface area contributed by atoms with Gasteiger partial charge in [-0.15, -0.1) is 0 Å². The smallest absolute Gasteiger partial charge is 0.270 e. The van der Waals surface area contributed by atoms with Crippen LogP contribution in [0.4, 0.5) is 11.5 Å². The number of nitro groups is 1. The van der Waals surface area contributed by atoms with Gasteiger partial charge in [0.05, 0.1) is 27.1 Å². The molecular weight excluding hydrogens is 384 g/mol. The van der Waals surface area contributed by atoms with Crippen LogP contribution in [-0.2, 0) is 6.54 Å². The molecule has 1 N–H and O–H groups in total. The van der Waals surface area contributed by atoms with Crippen molar-refractivity contribution in [3.63, 3.8) is 0 Å². The van der Waals surface area contributed by atoms with E-state index in [1.807, 2.05) is 6.07 Å². The minimum Gasteiger partial charge on any atom is -0.486 e. The maximum absolute atomic E-state index is 11.0. The van der Waals surface area contributed by atoms with Gasteiger partial charge in [0.2, 0.25) is 0 Å². The summed E-state index contributed by atoms with van der Waals surface area (Å²) in [5.41, 5.74) is 1.57. The van der Waals surface area contributed by atoms with Crippen LogP contribution in [-0.4, -0.2) is 23.1 Å². The molecule has 4 rings (SSSR count). The zero-order valence-electron chi connectivity index (χ0n) is 14.4. The van der Waals surface area contributed by atoms with Crippen molar-refractivity contribution in [3.05, 3.63) is 62.7 Å². The summed E-state index contributed by atoms with van der Waals surface area (Å²) < 4.78 is 11.1. The molecule has 1 aliphatic rings. The summed E-state index contributed by atoms with van der Waals surface area (Å²) in [5.74, 6) is 1.60. The van der Waals surface area contributed by atoms with Crippen LogP contribution in [0, 0.1) is 21.4 Å². The number of nitrogens with one attached hydrogen (secondary N) is 1. The first-order chi connectivity index (χ1) is 13.5. The van der Waals surface area contributed by atoms with Gasteiger partial charge in [0.1, 0.15) is 19.0 Å². The molecule has 3 aromatic rings. The second-order valence-corrected chi connectivity index (χ2v) is 6.49. The summed E-state index contributed by atoms with van der Waals surface area (Å²) in [6.45, 7) is 1.32. The second kappa shape index (κ2) is 7.21. The highest BCUT2D eigenvalue weighted by Gasteiger charge is 2.17. The summed E-state index contributed by atoms with van der Waals surface area (Å²) >= 11 is 6.25. The SMILES string of the molecule is N#Cc1cc(NCc2cc(Cl)c3c(c2)OCCO3)nc2ccc([N+](=O)[O-])cc12. The Bertz CT molecular complexity index is 1140. The van der Waals surface area contributed by atoms with Crippen LogP contribution in [0.2, 0.25) is 5.02 Å². The van der Waals surface area contributed by atoms with Gasteiger partial charge in [-0.2, -0.15) is 5.26 Å². The van der Waals surface area contributed by atoms with Crippen molar-refractivity contribution >= 4 is 34.0 Å². The molecule has 2 aromatic carbocycles. The number of aromatic nitrogens is 1. The van der Waals surface area contributed by atoms with Crippen molar-refractivity contribution in [2.75, 3.05) is 18.5 Å². The minimum absolute atomic E-state index is 0.0857. The van der Waals surface area contributed by atoms with E-state index in [1.165, 1.54) is 18.2 Å². The molecule has 8 nitrogen and oxygen atoms in total. The molecule has 0 radical (unpaired) electrons. The molecule has 0 amide bonds. The van der Waals surface area contributed by atoms with Crippen LogP contribution in [0.15, 0.2) is 36.4 Å². The van der Waals surface area contributed by atoms with E-state index in [-0.39, 0.29) is 5.69 Å². The Morgan fingerprint density at radius 2 is 2.07 bits per heavy atom. The largest absolute Gasteiger partial charge is 0.486 e. The molecule has 0 atom stereocenters. The van der Waals surface area contributed by atoms with Crippen LogP contribution in [0.3, 0.4) is 0 Å². The molecule has 0 aliphatic carbocycles. The minimum atomic E-state index is -0.502. The van der Waals surface area contributed by atoms with Gasteiger partial charge < -0.3 is 14.8 Å². The summed E-state index contributed by atoms with van der Waals surface area (Å²) in [5, 5.41) is 24.4. The lowest BCUT2D eigenvalue weighted by Gasteiger charge is -2.20. The third-order valence-electron chi connectivity index (χ3n) is 4.25. The highest BCUT2D eigenvalue weighted by Crippen LogP contribution is 2.38. The molecule has 0 spiro atoms. The molecule has 0 fully saturated rings. The number of pyridine rings is 1. The number of anilines is 1. The Labute approximate surface area is 164 Å².